The number of carbonyl (C=O) groups is 1. The second-order valence-corrected chi connectivity index (χ2v) is 5.21. The van der Waals surface area contributed by atoms with Crippen LogP contribution in [-0.4, -0.2) is 54.0 Å². The van der Waals surface area contributed by atoms with Gasteiger partial charge in [0.1, 0.15) is 5.60 Å². The van der Waals surface area contributed by atoms with Crippen LogP contribution < -0.4 is 0 Å². The van der Waals surface area contributed by atoms with E-state index in [4.69, 9.17) is 4.74 Å². The number of ether oxygens (including phenoxy) is 1. The molecular weight excluding hydrogens is 230 g/mol. The minimum absolute atomic E-state index is 0.236. The van der Waals surface area contributed by atoms with Crippen molar-refractivity contribution in [3.8, 4) is 0 Å². The Balaban J connectivity index is 2.37. The van der Waals surface area contributed by atoms with Crippen LogP contribution in [0.5, 0.6) is 0 Å². The summed E-state index contributed by atoms with van der Waals surface area (Å²) in [7, 11) is 0. The molecule has 0 saturated carbocycles. The Hall–Kier alpha value is -1.52. The van der Waals surface area contributed by atoms with Gasteiger partial charge in [-0.3, -0.25) is 5.01 Å². The second kappa shape index (κ2) is 6.42. The molecule has 1 aliphatic heterocycles. The van der Waals surface area contributed by atoms with Crippen LogP contribution in [0.4, 0.5) is 4.79 Å². The summed E-state index contributed by atoms with van der Waals surface area (Å²) in [6, 6.07) is 0. The van der Waals surface area contributed by atoms with Crippen LogP contribution in [0.2, 0.25) is 0 Å². The number of amides is 1. The minimum atomic E-state index is -0.432. The van der Waals surface area contributed by atoms with Crippen LogP contribution in [0, 0.1) is 0 Å². The van der Waals surface area contributed by atoms with Crippen LogP contribution in [0.3, 0.4) is 0 Å². The first-order valence-corrected chi connectivity index (χ1v) is 6.30. The van der Waals surface area contributed by atoms with E-state index >= 15 is 0 Å². The molecule has 1 amide bonds. The Kier molecular flexibility index (Phi) is 5.19. The van der Waals surface area contributed by atoms with Crippen LogP contribution in [0.15, 0.2) is 17.3 Å². The molecule has 0 N–H and O–H groups in total. The number of hydrogen-bond acceptors (Lipinski definition) is 4. The topological polar surface area (TPSA) is 45.1 Å². The Morgan fingerprint density at radius 3 is 2.33 bits per heavy atom. The van der Waals surface area contributed by atoms with E-state index in [0.29, 0.717) is 13.1 Å². The number of allylic oxidation sites excluding steroid dienone is 2. The predicted octanol–water partition coefficient (Wildman–Crippen LogP) is 2.10. The van der Waals surface area contributed by atoms with Crippen molar-refractivity contribution in [1.29, 1.82) is 0 Å². The maximum absolute atomic E-state index is 11.8. The second-order valence-electron chi connectivity index (χ2n) is 5.21. The van der Waals surface area contributed by atoms with Gasteiger partial charge in [0.25, 0.3) is 0 Å². The molecule has 0 unspecified atom stereocenters. The Morgan fingerprint density at radius 1 is 1.22 bits per heavy atom. The number of hydrogen-bond donors (Lipinski definition) is 0. The third kappa shape index (κ3) is 5.21. The smallest absolute Gasteiger partial charge is 0.410 e. The van der Waals surface area contributed by atoms with Crippen LogP contribution in [-0.2, 0) is 4.74 Å². The van der Waals surface area contributed by atoms with Gasteiger partial charge in [0.2, 0.25) is 0 Å². The third-order valence-electron chi connectivity index (χ3n) is 2.42. The molecule has 5 nitrogen and oxygen atoms in total. The van der Waals surface area contributed by atoms with E-state index in [2.05, 4.69) is 5.10 Å². The Labute approximate surface area is 109 Å². The average molecular weight is 253 g/mol. The highest BCUT2D eigenvalue weighted by molar-refractivity contribution is 5.70. The number of nitrogens with zero attached hydrogens (tertiary/aromatic N) is 3. The molecule has 0 aliphatic carbocycles. The molecule has 1 aliphatic rings. The fourth-order valence-electron chi connectivity index (χ4n) is 1.54. The van der Waals surface area contributed by atoms with E-state index in [1.54, 1.807) is 11.1 Å². The summed E-state index contributed by atoms with van der Waals surface area (Å²) in [6.07, 6.45) is 5.35. The zero-order valence-electron chi connectivity index (χ0n) is 11.7. The molecule has 0 bridgehead atoms. The summed E-state index contributed by atoms with van der Waals surface area (Å²) in [4.78, 5) is 13.5. The summed E-state index contributed by atoms with van der Waals surface area (Å²) in [5, 5.41) is 6.24. The molecule has 18 heavy (non-hydrogen) atoms. The number of rotatable bonds is 2. The van der Waals surface area contributed by atoms with E-state index < -0.39 is 5.60 Å². The molecule has 0 radical (unpaired) electrons. The number of piperazine rings is 1. The van der Waals surface area contributed by atoms with Crippen molar-refractivity contribution in [2.24, 2.45) is 5.10 Å². The SMILES string of the molecule is C/C=C\C=N\N1CCN(C(=O)OC(C)(C)C)CC1. The van der Waals surface area contributed by atoms with Crippen molar-refractivity contribution in [2.75, 3.05) is 26.2 Å². The van der Waals surface area contributed by atoms with E-state index in [9.17, 15) is 4.79 Å². The molecule has 5 heteroatoms. The molecule has 1 rings (SSSR count). The van der Waals surface area contributed by atoms with Gasteiger partial charge in [0, 0.05) is 19.3 Å². The fraction of sp³-hybridized carbons (Fsp3) is 0.692. The molecule has 102 valence electrons. The van der Waals surface area contributed by atoms with Gasteiger partial charge in [0.05, 0.1) is 13.1 Å². The van der Waals surface area contributed by atoms with Crippen molar-refractivity contribution in [3.63, 3.8) is 0 Å². The number of carbonyl (C=O) groups excluding carboxylic acids is 1. The molecule has 0 atom stereocenters. The van der Waals surface area contributed by atoms with Crippen LogP contribution in [0.1, 0.15) is 27.7 Å². The molecular formula is C13H23N3O2. The highest BCUT2D eigenvalue weighted by Crippen LogP contribution is 2.11. The van der Waals surface area contributed by atoms with Crippen LogP contribution in [0.25, 0.3) is 0 Å². The van der Waals surface area contributed by atoms with E-state index in [-0.39, 0.29) is 6.09 Å². The van der Waals surface area contributed by atoms with Crippen molar-refractivity contribution >= 4 is 12.3 Å². The zero-order chi connectivity index (χ0) is 13.6. The van der Waals surface area contributed by atoms with Crippen LogP contribution >= 0.6 is 0 Å². The lowest BCUT2D eigenvalue weighted by atomic mass is 10.2. The maximum atomic E-state index is 11.8. The lowest BCUT2D eigenvalue weighted by molar-refractivity contribution is 0.0148. The monoisotopic (exact) mass is 253 g/mol. The molecule has 0 spiro atoms. The maximum Gasteiger partial charge on any atom is 0.410 e. The van der Waals surface area contributed by atoms with E-state index in [1.807, 2.05) is 44.9 Å². The van der Waals surface area contributed by atoms with Gasteiger partial charge in [-0.1, -0.05) is 6.08 Å². The molecule has 0 aromatic heterocycles. The van der Waals surface area contributed by atoms with Crippen molar-refractivity contribution < 1.29 is 9.53 Å². The first-order chi connectivity index (χ1) is 8.42. The first-order valence-electron chi connectivity index (χ1n) is 6.30. The molecule has 0 aromatic carbocycles. The van der Waals surface area contributed by atoms with Gasteiger partial charge in [-0.15, -0.1) is 0 Å². The van der Waals surface area contributed by atoms with Gasteiger partial charge in [-0.2, -0.15) is 5.10 Å². The molecule has 1 heterocycles. The van der Waals surface area contributed by atoms with Crippen molar-refractivity contribution in [2.45, 2.75) is 33.3 Å². The van der Waals surface area contributed by atoms with Gasteiger partial charge >= 0.3 is 6.09 Å². The van der Waals surface area contributed by atoms with E-state index in [1.165, 1.54) is 0 Å². The molecule has 1 fully saturated rings. The average Bonchev–Trinajstić information content (AvgIpc) is 2.28. The van der Waals surface area contributed by atoms with Gasteiger partial charge < -0.3 is 9.64 Å². The van der Waals surface area contributed by atoms with Crippen molar-refractivity contribution in [3.05, 3.63) is 12.2 Å². The summed E-state index contributed by atoms with van der Waals surface area (Å²) < 4.78 is 5.33. The Morgan fingerprint density at radius 2 is 1.83 bits per heavy atom. The predicted molar refractivity (Wildman–Crippen MR) is 72.7 cm³/mol. The Bertz CT molecular complexity index is 324. The van der Waals surface area contributed by atoms with Gasteiger partial charge in [-0.25, -0.2) is 4.79 Å². The molecule has 0 aromatic rings. The zero-order valence-corrected chi connectivity index (χ0v) is 11.7. The quantitative estimate of drug-likeness (QED) is 0.708. The number of hydrazone groups is 1. The minimum Gasteiger partial charge on any atom is -0.444 e. The first kappa shape index (κ1) is 14.5. The van der Waals surface area contributed by atoms with Gasteiger partial charge in [0.15, 0.2) is 0 Å². The lowest BCUT2D eigenvalue weighted by Crippen LogP contribution is -2.48. The summed E-state index contributed by atoms with van der Waals surface area (Å²) in [5.74, 6) is 0. The highest BCUT2D eigenvalue weighted by Gasteiger charge is 2.25. The third-order valence-corrected chi connectivity index (χ3v) is 2.42. The lowest BCUT2D eigenvalue weighted by Gasteiger charge is -2.34. The summed E-state index contributed by atoms with van der Waals surface area (Å²) >= 11 is 0. The standard InChI is InChI=1S/C13H23N3O2/c1-5-6-7-14-16-10-8-15(9-11-16)12(17)18-13(2,3)4/h5-7H,8-11H2,1-4H3/b6-5-,14-7+. The van der Waals surface area contributed by atoms with Crippen molar-refractivity contribution in [1.82, 2.24) is 9.91 Å². The molecule has 1 saturated heterocycles. The largest absolute Gasteiger partial charge is 0.444 e. The summed E-state index contributed by atoms with van der Waals surface area (Å²) in [5.41, 5.74) is -0.432. The summed E-state index contributed by atoms with van der Waals surface area (Å²) in [6.45, 7) is 10.4. The highest BCUT2D eigenvalue weighted by atomic mass is 16.6. The van der Waals surface area contributed by atoms with E-state index in [0.717, 1.165) is 13.1 Å². The fourth-order valence-corrected chi connectivity index (χ4v) is 1.54. The van der Waals surface area contributed by atoms with Gasteiger partial charge in [-0.05, 0) is 33.8 Å². The normalized spacial score (nSPS) is 17.8.